The summed E-state index contributed by atoms with van der Waals surface area (Å²) in [5.74, 6) is 1.99. The van der Waals surface area contributed by atoms with Gasteiger partial charge in [-0.15, -0.1) is 0 Å². The van der Waals surface area contributed by atoms with Gasteiger partial charge in [-0.2, -0.15) is 0 Å². The van der Waals surface area contributed by atoms with Crippen molar-refractivity contribution in [1.82, 2.24) is 10.2 Å². The van der Waals surface area contributed by atoms with Crippen molar-refractivity contribution in [2.24, 2.45) is 11.8 Å². The molecule has 0 aromatic heterocycles. The Morgan fingerprint density at radius 2 is 1.80 bits per heavy atom. The van der Waals surface area contributed by atoms with Crippen LogP contribution in [0.4, 0.5) is 0 Å². The average Bonchev–Trinajstić information content (AvgIpc) is 3.24. The molecular weight excluding hydrogens is 244 g/mol. The number of hydrogen-bond donors (Lipinski definition) is 1. The van der Waals surface area contributed by atoms with Crippen LogP contribution in [0.5, 0.6) is 0 Å². The molecule has 2 nitrogen and oxygen atoms in total. The van der Waals surface area contributed by atoms with Crippen LogP contribution in [0.3, 0.4) is 0 Å². The minimum absolute atomic E-state index is 0.413. The summed E-state index contributed by atoms with van der Waals surface area (Å²) >= 11 is 0. The van der Waals surface area contributed by atoms with Gasteiger partial charge in [-0.3, -0.25) is 0 Å². The molecule has 2 fully saturated rings. The van der Waals surface area contributed by atoms with E-state index in [1.807, 2.05) is 0 Å². The Labute approximate surface area is 126 Å². The van der Waals surface area contributed by atoms with Crippen LogP contribution in [0.1, 0.15) is 71.6 Å². The lowest BCUT2D eigenvalue weighted by Gasteiger charge is -2.50. The van der Waals surface area contributed by atoms with E-state index >= 15 is 0 Å². The third-order valence-corrected chi connectivity index (χ3v) is 5.88. The van der Waals surface area contributed by atoms with E-state index in [1.54, 1.807) is 0 Å². The first-order chi connectivity index (χ1) is 9.58. The van der Waals surface area contributed by atoms with Crippen molar-refractivity contribution >= 4 is 0 Å². The molecule has 20 heavy (non-hydrogen) atoms. The fourth-order valence-electron chi connectivity index (χ4n) is 4.06. The Morgan fingerprint density at radius 3 is 2.30 bits per heavy atom. The topological polar surface area (TPSA) is 15.3 Å². The van der Waals surface area contributed by atoms with Crippen LogP contribution >= 0.6 is 0 Å². The number of nitrogens with one attached hydrogen (secondary N) is 1. The average molecular weight is 280 g/mol. The summed E-state index contributed by atoms with van der Waals surface area (Å²) in [5.41, 5.74) is 0.413. The predicted octanol–water partition coefficient (Wildman–Crippen LogP) is 4.06. The van der Waals surface area contributed by atoms with Gasteiger partial charge in [-0.1, -0.05) is 26.7 Å². The number of hydrogen-bond acceptors (Lipinski definition) is 2. The van der Waals surface area contributed by atoms with Gasteiger partial charge in [0.05, 0.1) is 0 Å². The molecule has 0 aromatic rings. The normalized spacial score (nSPS) is 32.5. The maximum absolute atomic E-state index is 3.92. The Balaban J connectivity index is 2.03. The standard InChI is InChI=1S/C18H36N2/c1-5-14-19-17(9-8-16-6-7-16)18(20(3)4)12-10-15(2)11-13-18/h15-17,19H,5-14H2,1-4H3. The lowest BCUT2D eigenvalue weighted by Crippen LogP contribution is -2.60. The first-order valence-corrected chi connectivity index (χ1v) is 8.99. The van der Waals surface area contributed by atoms with Gasteiger partial charge in [0.2, 0.25) is 0 Å². The zero-order chi connectivity index (χ0) is 14.6. The van der Waals surface area contributed by atoms with Gasteiger partial charge in [-0.05, 0) is 77.4 Å². The van der Waals surface area contributed by atoms with Crippen molar-refractivity contribution < 1.29 is 0 Å². The zero-order valence-corrected chi connectivity index (χ0v) is 14.3. The molecule has 2 aliphatic carbocycles. The van der Waals surface area contributed by atoms with Crippen LogP contribution in [0.15, 0.2) is 0 Å². The SMILES string of the molecule is CCCNC(CCC1CC1)C1(N(C)C)CCC(C)CC1. The minimum Gasteiger partial charge on any atom is -0.312 e. The lowest BCUT2D eigenvalue weighted by atomic mass is 9.70. The zero-order valence-electron chi connectivity index (χ0n) is 14.3. The summed E-state index contributed by atoms with van der Waals surface area (Å²) in [4.78, 5) is 2.55. The molecule has 0 radical (unpaired) electrons. The smallest absolute Gasteiger partial charge is 0.0356 e. The predicted molar refractivity (Wildman–Crippen MR) is 88.1 cm³/mol. The molecule has 2 rings (SSSR count). The third kappa shape index (κ3) is 3.98. The number of likely N-dealkylation sites (N-methyl/N-ethyl adjacent to an activating group) is 1. The van der Waals surface area contributed by atoms with Gasteiger partial charge >= 0.3 is 0 Å². The van der Waals surface area contributed by atoms with Crippen molar-refractivity contribution in [2.75, 3.05) is 20.6 Å². The van der Waals surface area contributed by atoms with Crippen LogP contribution in [-0.2, 0) is 0 Å². The maximum Gasteiger partial charge on any atom is 0.0356 e. The monoisotopic (exact) mass is 280 g/mol. The van der Waals surface area contributed by atoms with Crippen LogP contribution in [-0.4, -0.2) is 37.1 Å². The van der Waals surface area contributed by atoms with Crippen LogP contribution in [0, 0.1) is 11.8 Å². The molecule has 0 aliphatic heterocycles. The van der Waals surface area contributed by atoms with Gasteiger partial charge in [-0.25, -0.2) is 0 Å². The Kier molecular flexibility index (Phi) is 5.92. The van der Waals surface area contributed by atoms with E-state index in [1.165, 1.54) is 64.3 Å². The van der Waals surface area contributed by atoms with E-state index in [0.29, 0.717) is 11.6 Å². The fraction of sp³-hybridized carbons (Fsp3) is 1.00. The molecule has 1 atom stereocenters. The molecule has 0 saturated heterocycles. The molecule has 1 unspecified atom stereocenters. The first kappa shape index (κ1) is 16.3. The van der Waals surface area contributed by atoms with E-state index in [2.05, 4.69) is 38.2 Å². The van der Waals surface area contributed by atoms with E-state index in [9.17, 15) is 0 Å². The largest absolute Gasteiger partial charge is 0.312 e. The lowest BCUT2D eigenvalue weighted by molar-refractivity contribution is 0.0391. The van der Waals surface area contributed by atoms with Crippen molar-refractivity contribution in [1.29, 1.82) is 0 Å². The van der Waals surface area contributed by atoms with E-state index in [4.69, 9.17) is 0 Å². The number of rotatable bonds is 8. The highest BCUT2D eigenvalue weighted by Gasteiger charge is 2.42. The highest BCUT2D eigenvalue weighted by atomic mass is 15.2. The second kappa shape index (κ2) is 7.26. The molecule has 0 heterocycles. The van der Waals surface area contributed by atoms with E-state index < -0.39 is 0 Å². The van der Waals surface area contributed by atoms with Gasteiger partial charge in [0, 0.05) is 11.6 Å². The summed E-state index contributed by atoms with van der Waals surface area (Å²) in [6.45, 7) is 5.90. The van der Waals surface area contributed by atoms with E-state index in [-0.39, 0.29) is 0 Å². The van der Waals surface area contributed by atoms with Crippen LogP contribution in [0.2, 0.25) is 0 Å². The van der Waals surface area contributed by atoms with Gasteiger partial charge < -0.3 is 10.2 Å². The van der Waals surface area contributed by atoms with Crippen molar-refractivity contribution in [3.05, 3.63) is 0 Å². The maximum atomic E-state index is 3.92. The summed E-state index contributed by atoms with van der Waals surface area (Å²) in [7, 11) is 4.63. The fourth-order valence-corrected chi connectivity index (χ4v) is 4.06. The second-order valence-corrected chi connectivity index (χ2v) is 7.71. The quantitative estimate of drug-likeness (QED) is 0.721. The second-order valence-electron chi connectivity index (χ2n) is 7.71. The molecule has 2 saturated carbocycles. The van der Waals surface area contributed by atoms with Gasteiger partial charge in [0.15, 0.2) is 0 Å². The summed E-state index contributed by atoms with van der Waals surface area (Å²) in [6, 6.07) is 0.700. The molecule has 118 valence electrons. The van der Waals surface area contributed by atoms with Gasteiger partial charge in [0.1, 0.15) is 0 Å². The molecule has 2 aliphatic rings. The van der Waals surface area contributed by atoms with Crippen molar-refractivity contribution in [2.45, 2.75) is 83.2 Å². The first-order valence-electron chi connectivity index (χ1n) is 8.99. The molecule has 0 bridgehead atoms. The summed E-state index contributed by atoms with van der Waals surface area (Å²) in [5, 5.41) is 3.92. The van der Waals surface area contributed by atoms with Crippen molar-refractivity contribution in [3.8, 4) is 0 Å². The Morgan fingerprint density at radius 1 is 1.15 bits per heavy atom. The summed E-state index contributed by atoms with van der Waals surface area (Å²) < 4.78 is 0. The van der Waals surface area contributed by atoms with Crippen LogP contribution < -0.4 is 5.32 Å². The minimum atomic E-state index is 0.413. The Bertz CT molecular complexity index is 275. The van der Waals surface area contributed by atoms with Crippen LogP contribution in [0.25, 0.3) is 0 Å². The van der Waals surface area contributed by atoms with E-state index in [0.717, 1.165) is 11.8 Å². The number of nitrogens with zero attached hydrogens (tertiary/aromatic N) is 1. The third-order valence-electron chi connectivity index (χ3n) is 5.88. The molecule has 2 heteroatoms. The Hall–Kier alpha value is -0.0800. The van der Waals surface area contributed by atoms with Crippen molar-refractivity contribution in [3.63, 3.8) is 0 Å². The molecule has 0 amide bonds. The highest BCUT2D eigenvalue weighted by Crippen LogP contribution is 2.41. The molecule has 0 spiro atoms. The molecule has 0 aromatic carbocycles. The molecule has 1 N–H and O–H groups in total. The van der Waals surface area contributed by atoms with Gasteiger partial charge in [0.25, 0.3) is 0 Å². The molecular formula is C18H36N2. The summed E-state index contributed by atoms with van der Waals surface area (Å²) in [6.07, 6.45) is 12.7. The highest BCUT2D eigenvalue weighted by molar-refractivity contribution is 5.01.